The summed E-state index contributed by atoms with van der Waals surface area (Å²) in [6, 6.07) is 8.13. The minimum Gasteiger partial charge on any atom is -0.383 e. The maximum atomic E-state index is 13.7. The molecule has 0 saturated heterocycles. The Morgan fingerprint density at radius 1 is 1.17 bits per heavy atom. The van der Waals surface area contributed by atoms with E-state index in [0.29, 0.717) is 11.1 Å². The average molecular weight is 269 g/mol. The quantitative estimate of drug-likeness (QED) is 0.873. The maximum absolute atomic E-state index is 13.7. The van der Waals surface area contributed by atoms with Crippen molar-refractivity contribution in [3.05, 3.63) is 69.7 Å². The third-order valence-corrected chi connectivity index (χ3v) is 3.13. The number of aliphatic hydroxyl groups excluding tert-OH is 1. The van der Waals surface area contributed by atoms with Gasteiger partial charge in [-0.15, -0.1) is 0 Å². The first kappa shape index (κ1) is 13.0. The van der Waals surface area contributed by atoms with Crippen molar-refractivity contribution in [3.8, 4) is 0 Å². The molecule has 0 saturated carbocycles. The van der Waals surface area contributed by atoms with Crippen LogP contribution in [-0.2, 0) is 0 Å². The van der Waals surface area contributed by atoms with E-state index < -0.39 is 17.7 Å². The summed E-state index contributed by atoms with van der Waals surface area (Å²) in [5.74, 6) is -0.984. The summed E-state index contributed by atoms with van der Waals surface area (Å²) in [6.07, 6.45) is -1.21. The number of aliphatic hydroxyl groups is 1. The van der Waals surface area contributed by atoms with Gasteiger partial charge in [0.1, 0.15) is 17.7 Å². The van der Waals surface area contributed by atoms with E-state index >= 15 is 0 Å². The molecule has 1 atom stereocenters. The van der Waals surface area contributed by atoms with E-state index in [0.717, 1.165) is 0 Å². The molecule has 1 nitrogen and oxygen atoms in total. The van der Waals surface area contributed by atoms with Crippen molar-refractivity contribution in [2.75, 3.05) is 0 Å². The van der Waals surface area contributed by atoms with Crippen LogP contribution >= 0.6 is 11.6 Å². The van der Waals surface area contributed by atoms with Crippen molar-refractivity contribution in [2.24, 2.45) is 0 Å². The van der Waals surface area contributed by atoms with Crippen LogP contribution in [0, 0.1) is 18.6 Å². The zero-order valence-electron chi connectivity index (χ0n) is 9.62. The van der Waals surface area contributed by atoms with Crippen LogP contribution in [0.25, 0.3) is 0 Å². The summed E-state index contributed by atoms with van der Waals surface area (Å²) in [5, 5.41) is 10.3. The second-order valence-electron chi connectivity index (χ2n) is 4.04. The number of halogens is 3. The molecule has 0 amide bonds. The van der Waals surface area contributed by atoms with Gasteiger partial charge < -0.3 is 5.11 Å². The minimum atomic E-state index is -1.21. The Morgan fingerprint density at radius 3 is 2.50 bits per heavy atom. The summed E-state index contributed by atoms with van der Waals surface area (Å²) >= 11 is 5.88. The molecule has 2 aromatic rings. The lowest BCUT2D eigenvalue weighted by Crippen LogP contribution is -2.05. The van der Waals surface area contributed by atoms with E-state index in [-0.39, 0.29) is 10.6 Å². The monoisotopic (exact) mass is 268 g/mol. The number of hydrogen-bond donors (Lipinski definition) is 1. The first-order valence-corrected chi connectivity index (χ1v) is 5.76. The van der Waals surface area contributed by atoms with Gasteiger partial charge in [0.15, 0.2) is 0 Å². The van der Waals surface area contributed by atoms with E-state index in [4.69, 9.17) is 11.6 Å². The Hall–Kier alpha value is -1.45. The number of hydrogen-bond acceptors (Lipinski definition) is 1. The van der Waals surface area contributed by atoms with E-state index in [1.807, 2.05) is 0 Å². The van der Waals surface area contributed by atoms with Crippen LogP contribution < -0.4 is 0 Å². The van der Waals surface area contributed by atoms with Crippen molar-refractivity contribution >= 4 is 11.6 Å². The fourth-order valence-corrected chi connectivity index (χ4v) is 2.14. The standard InChI is InChI=1S/C14H11ClF2O/c1-8-7-9(16)5-6-10(8)14(18)13-11(15)3-2-4-12(13)17/h2-7,14,18H,1H3. The van der Waals surface area contributed by atoms with Gasteiger partial charge in [-0.25, -0.2) is 8.78 Å². The molecular weight excluding hydrogens is 258 g/mol. The van der Waals surface area contributed by atoms with Crippen molar-refractivity contribution in [1.82, 2.24) is 0 Å². The van der Waals surface area contributed by atoms with Crippen LogP contribution in [0.3, 0.4) is 0 Å². The zero-order valence-corrected chi connectivity index (χ0v) is 10.4. The van der Waals surface area contributed by atoms with Gasteiger partial charge in [-0.05, 0) is 42.3 Å². The van der Waals surface area contributed by atoms with E-state index in [1.54, 1.807) is 6.92 Å². The molecule has 1 N–H and O–H groups in total. The molecule has 94 valence electrons. The number of rotatable bonds is 2. The lowest BCUT2D eigenvalue weighted by Gasteiger charge is -2.16. The summed E-state index contributed by atoms with van der Waals surface area (Å²) in [6.45, 7) is 1.65. The van der Waals surface area contributed by atoms with Crippen LogP contribution in [0.5, 0.6) is 0 Å². The predicted octanol–water partition coefficient (Wildman–Crippen LogP) is 4.01. The third-order valence-electron chi connectivity index (χ3n) is 2.80. The van der Waals surface area contributed by atoms with Crippen LogP contribution in [0.4, 0.5) is 8.78 Å². The fraction of sp³-hybridized carbons (Fsp3) is 0.143. The Kier molecular flexibility index (Phi) is 3.64. The minimum absolute atomic E-state index is 0.00822. The largest absolute Gasteiger partial charge is 0.383 e. The number of aryl methyl sites for hydroxylation is 1. The average Bonchev–Trinajstić information content (AvgIpc) is 2.28. The van der Waals surface area contributed by atoms with Crippen molar-refractivity contribution in [2.45, 2.75) is 13.0 Å². The molecule has 0 fully saturated rings. The topological polar surface area (TPSA) is 20.2 Å². The van der Waals surface area contributed by atoms with Gasteiger partial charge in [-0.3, -0.25) is 0 Å². The van der Waals surface area contributed by atoms with Crippen molar-refractivity contribution < 1.29 is 13.9 Å². The van der Waals surface area contributed by atoms with E-state index in [2.05, 4.69) is 0 Å². The molecule has 18 heavy (non-hydrogen) atoms. The number of benzene rings is 2. The predicted molar refractivity (Wildman–Crippen MR) is 66.6 cm³/mol. The Morgan fingerprint density at radius 2 is 1.89 bits per heavy atom. The lowest BCUT2D eigenvalue weighted by molar-refractivity contribution is 0.214. The molecule has 1 unspecified atom stereocenters. The van der Waals surface area contributed by atoms with Crippen LogP contribution in [0.15, 0.2) is 36.4 Å². The van der Waals surface area contributed by atoms with Gasteiger partial charge in [0.05, 0.1) is 0 Å². The lowest BCUT2D eigenvalue weighted by atomic mass is 9.97. The highest BCUT2D eigenvalue weighted by Crippen LogP contribution is 2.32. The van der Waals surface area contributed by atoms with Gasteiger partial charge in [0, 0.05) is 10.6 Å². The van der Waals surface area contributed by atoms with Crippen LogP contribution in [0.1, 0.15) is 22.8 Å². The van der Waals surface area contributed by atoms with Gasteiger partial charge in [-0.2, -0.15) is 0 Å². The van der Waals surface area contributed by atoms with Crippen molar-refractivity contribution in [1.29, 1.82) is 0 Å². The molecule has 0 heterocycles. The van der Waals surface area contributed by atoms with E-state index in [9.17, 15) is 13.9 Å². The molecule has 0 aliphatic heterocycles. The summed E-state index contributed by atoms with van der Waals surface area (Å²) in [7, 11) is 0. The third kappa shape index (κ3) is 2.37. The summed E-state index contributed by atoms with van der Waals surface area (Å²) in [5.41, 5.74) is 0.985. The molecule has 0 radical (unpaired) electrons. The molecule has 2 aromatic carbocycles. The first-order chi connectivity index (χ1) is 8.50. The van der Waals surface area contributed by atoms with Crippen LogP contribution in [0.2, 0.25) is 5.02 Å². The summed E-state index contributed by atoms with van der Waals surface area (Å²) < 4.78 is 26.7. The molecular formula is C14H11ClF2O. The molecule has 0 aliphatic carbocycles. The van der Waals surface area contributed by atoms with Gasteiger partial charge >= 0.3 is 0 Å². The normalized spacial score (nSPS) is 12.5. The molecule has 0 bridgehead atoms. The zero-order chi connectivity index (χ0) is 13.3. The maximum Gasteiger partial charge on any atom is 0.130 e. The molecule has 0 aliphatic rings. The molecule has 4 heteroatoms. The SMILES string of the molecule is Cc1cc(F)ccc1C(O)c1c(F)cccc1Cl. The highest BCUT2D eigenvalue weighted by atomic mass is 35.5. The molecule has 2 rings (SSSR count). The van der Waals surface area contributed by atoms with Gasteiger partial charge in [0.2, 0.25) is 0 Å². The fourth-order valence-electron chi connectivity index (χ4n) is 1.87. The van der Waals surface area contributed by atoms with Crippen LogP contribution in [-0.4, -0.2) is 5.11 Å². The van der Waals surface area contributed by atoms with Gasteiger partial charge in [0.25, 0.3) is 0 Å². The van der Waals surface area contributed by atoms with E-state index in [1.165, 1.54) is 36.4 Å². The Labute approximate surface area is 109 Å². The Balaban J connectivity index is 2.51. The first-order valence-electron chi connectivity index (χ1n) is 5.38. The second kappa shape index (κ2) is 5.04. The Bertz CT molecular complexity index is 564. The second-order valence-corrected chi connectivity index (χ2v) is 4.45. The highest BCUT2D eigenvalue weighted by Gasteiger charge is 2.20. The summed E-state index contributed by atoms with van der Waals surface area (Å²) in [4.78, 5) is 0. The molecule has 0 spiro atoms. The van der Waals surface area contributed by atoms with Crippen molar-refractivity contribution in [3.63, 3.8) is 0 Å². The van der Waals surface area contributed by atoms with Gasteiger partial charge in [-0.1, -0.05) is 23.7 Å². The smallest absolute Gasteiger partial charge is 0.130 e. The molecule has 0 aromatic heterocycles. The highest BCUT2D eigenvalue weighted by molar-refractivity contribution is 6.31.